The molecule has 6 nitrogen and oxygen atoms in total. The first-order valence-corrected chi connectivity index (χ1v) is 6.42. The van der Waals surface area contributed by atoms with Crippen molar-refractivity contribution in [2.45, 2.75) is 20.0 Å². The second kappa shape index (κ2) is 4.80. The third-order valence-corrected chi connectivity index (χ3v) is 3.35. The van der Waals surface area contributed by atoms with Crippen LogP contribution in [0.5, 0.6) is 0 Å². The molecule has 0 saturated heterocycles. The number of hydrogen-bond donors (Lipinski definition) is 0. The van der Waals surface area contributed by atoms with Gasteiger partial charge in [-0.25, -0.2) is 0 Å². The van der Waals surface area contributed by atoms with E-state index in [1.807, 2.05) is 40.8 Å². The van der Waals surface area contributed by atoms with Crippen molar-refractivity contribution in [2.75, 3.05) is 0 Å². The molecule has 0 aliphatic rings. The molecule has 3 rings (SSSR count). The van der Waals surface area contributed by atoms with Crippen molar-refractivity contribution in [1.82, 2.24) is 14.3 Å². The standard InChI is InChI=1S/C14H14N4O2/c1-2-17-10-11(8-15-17)9-16-7-6-12-13(16)4-3-5-14(12)18(19)20/h3-8,10H,2,9H2,1H3. The Morgan fingerprint density at radius 2 is 2.20 bits per heavy atom. The Morgan fingerprint density at radius 1 is 1.35 bits per heavy atom. The molecule has 0 unspecified atom stereocenters. The summed E-state index contributed by atoms with van der Waals surface area (Å²) in [6.45, 7) is 3.52. The number of aromatic nitrogens is 3. The molecule has 3 aromatic rings. The van der Waals surface area contributed by atoms with Crippen LogP contribution in [0.3, 0.4) is 0 Å². The summed E-state index contributed by atoms with van der Waals surface area (Å²) in [5.41, 5.74) is 2.09. The summed E-state index contributed by atoms with van der Waals surface area (Å²) in [5, 5.41) is 15.9. The fourth-order valence-electron chi connectivity index (χ4n) is 2.36. The van der Waals surface area contributed by atoms with Gasteiger partial charge in [-0.05, 0) is 19.1 Å². The van der Waals surface area contributed by atoms with Crippen molar-refractivity contribution < 1.29 is 4.92 Å². The highest BCUT2D eigenvalue weighted by molar-refractivity contribution is 5.89. The maximum absolute atomic E-state index is 11.0. The number of nitrogens with zero attached hydrogens (tertiary/aromatic N) is 4. The zero-order chi connectivity index (χ0) is 14.1. The van der Waals surface area contributed by atoms with E-state index >= 15 is 0 Å². The van der Waals surface area contributed by atoms with E-state index in [1.165, 1.54) is 6.07 Å². The Labute approximate surface area is 115 Å². The van der Waals surface area contributed by atoms with Gasteiger partial charge in [-0.3, -0.25) is 14.8 Å². The number of nitro benzene ring substituents is 1. The molecule has 102 valence electrons. The zero-order valence-corrected chi connectivity index (χ0v) is 11.1. The molecule has 2 aromatic heterocycles. The first kappa shape index (κ1) is 12.4. The first-order chi connectivity index (χ1) is 9.69. The largest absolute Gasteiger partial charge is 0.343 e. The Kier molecular flexibility index (Phi) is 2.98. The predicted octanol–water partition coefficient (Wildman–Crippen LogP) is 2.81. The van der Waals surface area contributed by atoms with E-state index in [9.17, 15) is 10.1 Å². The second-order valence-electron chi connectivity index (χ2n) is 4.61. The van der Waals surface area contributed by atoms with Gasteiger partial charge in [0.05, 0.1) is 28.6 Å². The average molecular weight is 270 g/mol. The minimum Gasteiger partial charge on any atom is -0.343 e. The van der Waals surface area contributed by atoms with Crippen LogP contribution in [0.4, 0.5) is 5.69 Å². The van der Waals surface area contributed by atoms with Crippen molar-refractivity contribution in [1.29, 1.82) is 0 Å². The third kappa shape index (κ3) is 2.05. The van der Waals surface area contributed by atoms with Crippen LogP contribution in [0.1, 0.15) is 12.5 Å². The number of non-ortho nitro benzene ring substituents is 1. The molecule has 0 radical (unpaired) electrons. The van der Waals surface area contributed by atoms with Gasteiger partial charge in [0, 0.05) is 30.6 Å². The minimum absolute atomic E-state index is 0.144. The Bertz CT molecular complexity index is 772. The fraction of sp³-hybridized carbons (Fsp3) is 0.214. The third-order valence-electron chi connectivity index (χ3n) is 3.35. The molecule has 0 saturated carbocycles. The van der Waals surface area contributed by atoms with Crippen molar-refractivity contribution >= 4 is 16.6 Å². The monoisotopic (exact) mass is 270 g/mol. The smallest absolute Gasteiger partial charge is 0.278 e. The summed E-state index contributed by atoms with van der Waals surface area (Å²) in [6.07, 6.45) is 5.69. The minimum atomic E-state index is -0.345. The highest BCUT2D eigenvalue weighted by atomic mass is 16.6. The number of nitro groups is 1. The summed E-state index contributed by atoms with van der Waals surface area (Å²) in [5.74, 6) is 0. The quantitative estimate of drug-likeness (QED) is 0.541. The van der Waals surface area contributed by atoms with Gasteiger partial charge >= 0.3 is 0 Å². The lowest BCUT2D eigenvalue weighted by atomic mass is 10.2. The Balaban J connectivity index is 2.00. The summed E-state index contributed by atoms with van der Waals surface area (Å²) >= 11 is 0. The van der Waals surface area contributed by atoms with E-state index in [0.717, 1.165) is 17.6 Å². The molecule has 2 heterocycles. The predicted molar refractivity (Wildman–Crippen MR) is 75.6 cm³/mol. The molecule has 0 atom stereocenters. The highest BCUT2D eigenvalue weighted by Gasteiger charge is 2.13. The van der Waals surface area contributed by atoms with E-state index < -0.39 is 0 Å². The van der Waals surface area contributed by atoms with Crippen LogP contribution in [0.2, 0.25) is 0 Å². The van der Waals surface area contributed by atoms with E-state index in [4.69, 9.17) is 0 Å². The van der Waals surface area contributed by atoms with Crippen LogP contribution < -0.4 is 0 Å². The molecule has 0 fully saturated rings. The molecular formula is C14H14N4O2. The second-order valence-corrected chi connectivity index (χ2v) is 4.61. The molecule has 1 aromatic carbocycles. The lowest BCUT2D eigenvalue weighted by molar-refractivity contribution is -0.383. The maximum atomic E-state index is 11.0. The van der Waals surface area contributed by atoms with Crippen LogP contribution in [0, 0.1) is 10.1 Å². The lowest BCUT2D eigenvalue weighted by Gasteiger charge is -2.03. The first-order valence-electron chi connectivity index (χ1n) is 6.42. The van der Waals surface area contributed by atoms with Gasteiger partial charge in [0.15, 0.2) is 0 Å². The molecule has 0 spiro atoms. The molecule has 0 amide bonds. The van der Waals surface area contributed by atoms with Crippen LogP contribution in [0.15, 0.2) is 42.9 Å². The van der Waals surface area contributed by atoms with E-state index in [1.54, 1.807) is 12.1 Å². The van der Waals surface area contributed by atoms with Gasteiger partial charge in [0.2, 0.25) is 0 Å². The van der Waals surface area contributed by atoms with Gasteiger partial charge in [-0.15, -0.1) is 0 Å². The summed E-state index contributed by atoms with van der Waals surface area (Å²) in [4.78, 5) is 10.7. The molecule has 6 heteroatoms. The normalized spacial score (nSPS) is 11.1. The summed E-state index contributed by atoms with van der Waals surface area (Å²) in [6, 6.07) is 6.93. The van der Waals surface area contributed by atoms with Gasteiger partial charge in [-0.1, -0.05) is 6.07 Å². The van der Waals surface area contributed by atoms with Crippen LogP contribution in [0.25, 0.3) is 10.9 Å². The summed E-state index contributed by atoms with van der Waals surface area (Å²) < 4.78 is 3.86. The number of hydrogen-bond acceptors (Lipinski definition) is 3. The van der Waals surface area contributed by atoms with Gasteiger partial charge in [-0.2, -0.15) is 5.10 Å². The molecule has 0 N–H and O–H groups in total. The van der Waals surface area contributed by atoms with Gasteiger partial charge in [0.1, 0.15) is 0 Å². The SMILES string of the molecule is CCn1cc(Cn2ccc3c([N+](=O)[O-])cccc32)cn1. The number of fused-ring (bicyclic) bond motifs is 1. The molecular weight excluding hydrogens is 256 g/mol. The maximum Gasteiger partial charge on any atom is 0.278 e. The number of rotatable bonds is 4. The topological polar surface area (TPSA) is 65.9 Å². The molecule has 0 bridgehead atoms. The van der Waals surface area contributed by atoms with Crippen molar-refractivity contribution in [3.63, 3.8) is 0 Å². The molecule has 0 aliphatic heterocycles. The van der Waals surface area contributed by atoms with Crippen LogP contribution in [-0.4, -0.2) is 19.3 Å². The van der Waals surface area contributed by atoms with E-state index in [-0.39, 0.29) is 10.6 Å². The van der Waals surface area contributed by atoms with Crippen molar-refractivity contribution in [2.24, 2.45) is 0 Å². The number of aryl methyl sites for hydroxylation is 1. The number of benzene rings is 1. The van der Waals surface area contributed by atoms with E-state index in [2.05, 4.69) is 5.10 Å². The fourth-order valence-corrected chi connectivity index (χ4v) is 2.36. The molecule has 0 aliphatic carbocycles. The van der Waals surface area contributed by atoms with Gasteiger partial charge in [0.25, 0.3) is 5.69 Å². The average Bonchev–Trinajstić information content (AvgIpc) is 3.06. The zero-order valence-electron chi connectivity index (χ0n) is 11.1. The lowest BCUT2D eigenvalue weighted by Crippen LogP contribution is -1.97. The van der Waals surface area contributed by atoms with Crippen LogP contribution in [-0.2, 0) is 13.1 Å². The van der Waals surface area contributed by atoms with Crippen molar-refractivity contribution in [3.05, 3.63) is 58.5 Å². The Morgan fingerprint density at radius 3 is 2.90 bits per heavy atom. The van der Waals surface area contributed by atoms with Crippen LogP contribution >= 0.6 is 0 Å². The molecule has 20 heavy (non-hydrogen) atoms. The highest BCUT2D eigenvalue weighted by Crippen LogP contribution is 2.26. The van der Waals surface area contributed by atoms with E-state index in [0.29, 0.717) is 11.9 Å². The van der Waals surface area contributed by atoms with Gasteiger partial charge < -0.3 is 4.57 Å². The van der Waals surface area contributed by atoms with Crippen molar-refractivity contribution in [3.8, 4) is 0 Å². The summed E-state index contributed by atoms with van der Waals surface area (Å²) in [7, 11) is 0. The Hall–Kier alpha value is -2.63.